The Labute approximate surface area is 189 Å². The van der Waals surface area contributed by atoms with Crippen LogP contribution in [0, 0.1) is 13.8 Å². The summed E-state index contributed by atoms with van der Waals surface area (Å²) in [7, 11) is 0. The standard InChI is InChI=1S/C28H42O3/c1-19(2)11-8-12-20(3)13-9-14-21(4)15-10-17-28(7)18-16-24-22(5)23(6)25(29)26(30)27(24)31-28/h11,13,15,29-30H,8-10,12,14,16-18H2,1-7H3/t28-/m0/s1. The first-order chi connectivity index (χ1) is 14.5. The van der Waals surface area contributed by atoms with E-state index in [1.54, 1.807) is 0 Å². The van der Waals surface area contributed by atoms with Crippen LogP contribution >= 0.6 is 0 Å². The minimum atomic E-state index is -0.323. The second-order valence-electron chi connectivity index (χ2n) is 9.81. The molecule has 0 saturated carbocycles. The first-order valence-electron chi connectivity index (χ1n) is 11.7. The molecule has 2 rings (SSSR count). The highest BCUT2D eigenvalue weighted by Gasteiger charge is 2.35. The lowest BCUT2D eigenvalue weighted by molar-refractivity contribution is 0.0530. The van der Waals surface area contributed by atoms with Crippen LogP contribution in [0.25, 0.3) is 0 Å². The Bertz CT molecular complexity index is 869. The Morgan fingerprint density at radius 2 is 1.45 bits per heavy atom. The van der Waals surface area contributed by atoms with Crippen molar-refractivity contribution in [3.05, 3.63) is 51.6 Å². The maximum absolute atomic E-state index is 10.4. The van der Waals surface area contributed by atoms with Crippen LogP contribution < -0.4 is 4.74 Å². The van der Waals surface area contributed by atoms with Crippen molar-refractivity contribution < 1.29 is 14.9 Å². The molecule has 31 heavy (non-hydrogen) atoms. The van der Waals surface area contributed by atoms with Crippen molar-refractivity contribution >= 4 is 0 Å². The van der Waals surface area contributed by atoms with Crippen molar-refractivity contribution in [1.29, 1.82) is 0 Å². The van der Waals surface area contributed by atoms with Gasteiger partial charge in [0.05, 0.1) is 0 Å². The summed E-state index contributed by atoms with van der Waals surface area (Å²) in [6.07, 6.45) is 15.1. The number of rotatable bonds is 9. The largest absolute Gasteiger partial charge is 0.504 e. The highest BCUT2D eigenvalue weighted by Crippen LogP contribution is 2.48. The van der Waals surface area contributed by atoms with Gasteiger partial charge in [-0.25, -0.2) is 0 Å². The topological polar surface area (TPSA) is 49.7 Å². The van der Waals surface area contributed by atoms with Gasteiger partial charge in [0.15, 0.2) is 11.5 Å². The molecular formula is C28H42O3. The molecule has 0 aromatic heterocycles. The number of benzene rings is 1. The lowest BCUT2D eigenvalue weighted by Crippen LogP contribution is -2.36. The quantitative estimate of drug-likeness (QED) is 0.311. The number of ether oxygens (including phenoxy) is 1. The van der Waals surface area contributed by atoms with E-state index in [0.29, 0.717) is 5.75 Å². The van der Waals surface area contributed by atoms with Crippen LogP contribution in [-0.4, -0.2) is 15.8 Å². The Morgan fingerprint density at radius 3 is 2.06 bits per heavy atom. The number of aromatic hydroxyl groups is 2. The number of hydrogen-bond acceptors (Lipinski definition) is 3. The van der Waals surface area contributed by atoms with Crippen molar-refractivity contribution in [2.24, 2.45) is 0 Å². The van der Waals surface area contributed by atoms with E-state index < -0.39 is 0 Å². The van der Waals surface area contributed by atoms with E-state index in [-0.39, 0.29) is 17.1 Å². The van der Waals surface area contributed by atoms with Crippen LogP contribution in [0.5, 0.6) is 17.2 Å². The zero-order valence-corrected chi connectivity index (χ0v) is 20.7. The van der Waals surface area contributed by atoms with Gasteiger partial charge < -0.3 is 14.9 Å². The Balaban J connectivity index is 1.88. The second kappa shape index (κ2) is 10.9. The number of allylic oxidation sites excluding steroid dienone is 6. The van der Waals surface area contributed by atoms with E-state index in [1.165, 1.54) is 16.7 Å². The third kappa shape index (κ3) is 6.92. The van der Waals surface area contributed by atoms with E-state index in [0.717, 1.165) is 68.1 Å². The SMILES string of the molecule is CC(C)=CCCC(C)=CCCC(C)=CCC[C@@]1(C)CCc2c(C)c(C)c(O)c(O)c2O1. The summed E-state index contributed by atoms with van der Waals surface area (Å²) >= 11 is 0. The molecule has 0 amide bonds. The summed E-state index contributed by atoms with van der Waals surface area (Å²) < 4.78 is 6.26. The molecule has 0 spiro atoms. The molecule has 2 N–H and O–H groups in total. The molecule has 1 aromatic rings. The minimum Gasteiger partial charge on any atom is -0.504 e. The average molecular weight is 427 g/mol. The number of hydrogen-bond donors (Lipinski definition) is 2. The van der Waals surface area contributed by atoms with Crippen molar-refractivity contribution in [3.8, 4) is 17.2 Å². The normalized spacial score (nSPS) is 19.1. The van der Waals surface area contributed by atoms with Gasteiger partial charge in [0.2, 0.25) is 5.75 Å². The zero-order valence-electron chi connectivity index (χ0n) is 20.7. The van der Waals surface area contributed by atoms with E-state index >= 15 is 0 Å². The van der Waals surface area contributed by atoms with Crippen molar-refractivity contribution in [2.75, 3.05) is 0 Å². The summed E-state index contributed by atoms with van der Waals surface area (Å²) in [4.78, 5) is 0. The van der Waals surface area contributed by atoms with Crippen molar-refractivity contribution in [1.82, 2.24) is 0 Å². The molecule has 0 fully saturated rings. The molecule has 0 unspecified atom stereocenters. The molecule has 3 heteroatoms. The third-order valence-electron chi connectivity index (χ3n) is 6.62. The second-order valence-corrected chi connectivity index (χ2v) is 9.81. The molecule has 3 nitrogen and oxygen atoms in total. The molecule has 1 heterocycles. The number of fused-ring (bicyclic) bond motifs is 1. The molecule has 1 aromatic carbocycles. The molecule has 0 bridgehead atoms. The van der Waals surface area contributed by atoms with E-state index in [9.17, 15) is 10.2 Å². The van der Waals surface area contributed by atoms with Gasteiger partial charge in [-0.15, -0.1) is 0 Å². The van der Waals surface area contributed by atoms with Gasteiger partial charge in [0.25, 0.3) is 0 Å². The molecule has 1 aliphatic heterocycles. The number of phenolic OH excluding ortho intramolecular Hbond substituents is 2. The van der Waals surface area contributed by atoms with Crippen LogP contribution in [0.4, 0.5) is 0 Å². The van der Waals surface area contributed by atoms with Gasteiger partial charge in [-0.2, -0.15) is 0 Å². The predicted molar refractivity (Wildman–Crippen MR) is 131 cm³/mol. The summed E-state index contributed by atoms with van der Waals surface area (Å²) in [6.45, 7) is 14.7. The summed E-state index contributed by atoms with van der Waals surface area (Å²) in [5.41, 5.74) is 6.75. The van der Waals surface area contributed by atoms with Gasteiger partial charge in [-0.3, -0.25) is 0 Å². The molecule has 172 valence electrons. The number of phenols is 2. The third-order valence-corrected chi connectivity index (χ3v) is 6.62. The highest BCUT2D eigenvalue weighted by atomic mass is 16.5. The highest BCUT2D eigenvalue weighted by molar-refractivity contribution is 5.62. The predicted octanol–water partition coefficient (Wildman–Crippen LogP) is 8.00. The monoisotopic (exact) mass is 426 g/mol. The fraction of sp³-hybridized carbons (Fsp3) is 0.571. The molecule has 0 saturated heterocycles. The zero-order chi connectivity index (χ0) is 23.2. The Morgan fingerprint density at radius 1 is 0.871 bits per heavy atom. The summed E-state index contributed by atoms with van der Waals surface area (Å²) in [5, 5.41) is 20.6. The fourth-order valence-electron chi connectivity index (χ4n) is 4.24. The van der Waals surface area contributed by atoms with Gasteiger partial charge in [0, 0.05) is 5.56 Å². The maximum atomic E-state index is 10.4. The molecule has 1 atom stereocenters. The Kier molecular flexibility index (Phi) is 8.85. The van der Waals surface area contributed by atoms with Crippen molar-refractivity contribution in [3.63, 3.8) is 0 Å². The first kappa shape index (κ1) is 25.1. The summed E-state index contributed by atoms with van der Waals surface area (Å²) in [5.74, 6) is 0.312. The van der Waals surface area contributed by atoms with Gasteiger partial charge >= 0.3 is 0 Å². The van der Waals surface area contributed by atoms with Crippen LogP contribution in [0.2, 0.25) is 0 Å². The van der Waals surface area contributed by atoms with Gasteiger partial charge in [0.1, 0.15) is 5.60 Å². The first-order valence-corrected chi connectivity index (χ1v) is 11.7. The lowest BCUT2D eigenvalue weighted by Gasteiger charge is -2.37. The van der Waals surface area contributed by atoms with Gasteiger partial charge in [-0.05, 0) is 111 Å². The minimum absolute atomic E-state index is 0.0551. The van der Waals surface area contributed by atoms with E-state index in [4.69, 9.17) is 4.74 Å². The van der Waals surface area contributed by atoms with E-state index in [2.05, 4.69) is 52.8 Å². The Hall–Kier alpha value is -2.16. The lowest BCUT2D eigenvalue weighted by atomic mass is 9.85. The molecule has 1 aliphatic rings. The van der Waals surface area contributed by atoms with Crippen LogP contribution in [0.1, 0.15) is 96.3 Å². The van der Waals surface area contributed by atoms with Crippen LogP contribution in [0.3, 0.4) is 0 Å². The molecule has 0 aliphatic carbocycles. The van der Waals surface area contributed by atoms with Crippen LogP contribution in [0.15, 0.2) is 34.9 Å². The van der Waals surface area contributed by atoms with E-state index in [1.807, 2.05) is 13.8 Å². The van der Waals surface area contributed by atoms with Gasteiger partial charge in [-0.1, -0.05) is 34.9 Å². The smallest absolute Gasteiger partial charge is 0.201 e. The molecule has 0 radical (unpaired) electrons. The maximum Gasteiger partial charge on any atom is 0.201 e. The fourth-order valence-corrected chi connectivity index (χ4v) is 4.24. The van der Waals surface area contributed by atoms with Crippen LogP contribution in [-0.2, 0) is 6.42 Å². The average Bonchev–Trinajstić information content (AvgIpc) is 2.70. The molecular weight excluding hydrogens is 384 g/mol. The van der Waals surface area contributed by atoms with Crippen molar-refractivity contribution in [2.45, 2.75) is 105 Å². The summed E-state index contributed by atoms with van der Waals surface area (Å²) in [6, 6.07) is 0.